The molecular formula is C12H13NO2S. The van der Waals surface area contributed by atoms with Crippen molar-refractivity contribution in [1.29, 1.82) is 0 Å². The normalized spacial score (nSPS) is 31.9. The van der Waals surface area contributed by atoms with Crippen molar-refractivity contribution in [3.63, 3.8) is 0 Å². The second kappa shape index (κ2) is 3.50. The number of epoxide rings is 1. The molecule has 3 unspecified atom stereocenters. The van der Waals surface area contributed by atoms with Crippen molar-refractivity contribution in [2.24, 2.45) is 0 Å². The number of carbonyl (C=O) groups excluding carboxylic acids is 1. The third-order valence-electron chi connectivity index (χ3n) is 2.97. The van der Waals surface area contributed by atoms with E-state index in [1.54, 1.807) is 11.8 Å². The van der Waals surface area contributed by atoms with E-state index in [-0.39, 0.29) is 17.3 Å². The van der Waals surface area contributed by atoms with Gasteiger partial charge in [0.05, 0.1) is 17.0 Å². The molecule has 1 amide bonds. The number of benzene rings is 1. The Balaban J connectivity index is 1.93. The standard InChI is InChI=1S/C12H13NO2S/c1-6-11(15-6)8-3-4-10-9(5-8)13-12(14)7(2)16-10/h3-7,11H,1-2H3,(H,13,14). The summed E-state index contributed by atoms with van der Waals surface area (Å²) in [6.07, 6.45) is 0.524. The lowest BCUT2D eigenvalue weighted by molar-refractivity contribution is -0.115. The van der Waals surface area contributed by atoms with Gasteiger partial charge in [-0.25, -0.2) is 0 Å². The second-order valence-electron chi connectivity index (χ2n) is 4.27. The summed E-state index contributed by atoms with van der Waals surface area (Å²) in [4.78, 5) is 12.7. The minimum atomic E-state index is -0.00514. The molecule has 0 aliphatic carbocycles. The first-order valence-corrected chi connectivity index (χ1v) is 6.30. The highest BCUT2D eigenvalue weighted by Crippen LogP contribution is 2.42. The number of fused-ring (bicyclic) bond motifs is 1. The van der Waals surface area contributed by atoms with Gasteiger partial charge < -0.3 is 10.1 Å². The van der Waals surface area contributed by atoms with Crippen LogP contribution in [0.5, 0.6) is 0 Å². The number of thioether (sulfide) groups is 1. The van der Waals surface area contributed by atoms with E-state index in [4.69, 9.17) is 4.74 Å². The molecule has 16 heavy (non-hydrogen) atoms. The third kappa shape index (κ3) is 1.62. The van der Waals surface area contributed by atoms with Gasteiger partial charge in [0.1, 0.15) is 6.10 Å². The van der Waals surface area contributed by atoms with Gasteiger partial charge in [-0.2, -0.15) is 0 Å². The first kappa shape index (κ1) is 10.2. The van der Waals surface area contributed by atoms with Crippen molar-refractivity contribution < 1.29 is 9.53 Å². The fourth-order valence-corrected chi connectivity index (χ4v) is 2.87. The van der Waals surface area contributed by atoms with Crippen LogP contribution in [0.25, 0.3) is 0 Å². The minimum absolute atomic E-state index is 0.00514. The molecule has 0 saturated carbocycles. The van der Waals surface area contributed by atoms with E-state index in [9.17, 15) is 4.79 Å². The summed E-state index contributed by atoms with van der Waals surface area (Å²) in [5.74, 6) is 0.0828. The lowest BCUT2D eigenvalue weighted by Gasteiger charge is -2.21. The quantitative estimate of drug-likeness (QED) is 0.761. The maximum absolute atomic E-state index is 11.6. The van der Waals surface area contributed by atoms with Gasteiger partial charge in [0.2, 0.25) is 5.91 Å². The Hall–Kier alpha value is -1.00. The van der Waals surface area contributed by atoms with Gasteiger partial charge >= 0.3 is 0 Å². The molecule has 2 heterocycles. The van der Waals surface area contributed by atoms with Crippen LogP contribution in [-0.2, 0) is 9.53 Å². The van der Waals surface area contributed by atoms with Gasteiger partial charge in [-0.1, -0.05) is 6.07 Å². The van der Waals surface area contributed by atoms with E-state index < -0.39 is 0 Å². The summed E-state index contributed by atoms with van der Waals surface area (Å²) in [6.45, 7) is 3.97. The zero-order valence-electron chi connectivity index (χ0n) is 9.19. The summed E-state index contributed by atoms with van der Waals surface area (Å²) in [5.41, 5.74) is 2.08. The first-order chi connectivity index (χ1) is 7.65. The van der Waals surface area contributed by atoms with Crippen LogP contribution in [0.1, 0.15) is 25.5 Å². The van der Waals surface area contributed by atoms with Gasteiger partial charge in [0.25, 0.3) is 0 Å². The van der Waals surface area contributed by atoms with Gasteiger partial charge in [-0.3, -0.25) is 4.79 Å². The number of anilines is 1. The Morgan fingerprint density at radius 3 is 2.81 bits per heavy atom. The molecule has 84 valence electrons. The van der Waals surface area contributed by atoms with Crippen LogP contribution in [-0.4, -0.2) is 17.3 Å². The van der Waals surface area contributed by atoms with Crippen LogP contribution in [0.4, 0.5) is 5.69 Å². The van der Waals surface area contributed by atoms with Gasteiger partial charge in [-0.15, -0.1) is 11.8 Å². The van der Waals surface area contributed by atoms with Gasteiger partial charge in [-0.05, 0) is 31.5 Å². The third-order valence-corrected chi connectivity index (χ3v) is 4.15. The Bertz CT molecular complexity index is 460. The Kier molecular flexibility index (Phi) is 2.23. The molecular weight excluding hydrogens is 222 g/mol. The average molecular weight is 235 g/mol. The molecule has 0 radical (unpaired) electrons. The van der Waals surface area contributed by atoms with E-state index in [1.807, 2.05) is 13.0 Å². The lowest BCUT2D eigenvalue weighted by Crippen LogP contribution is -2.26. The number of hydrogen-bond acceptors (Lipinski definition) is 3. The van der Waals surface area contributed by atoms with Crippen molar-refractivity contribution in [3.05, 3.63) is 23.8 Å². The van der Waals surface area contributed by atoms with E-state index in [0.717, 1.165) is 16.1 Å². The largest absolute Gasteiger partial charge is 0.365 e. The molecule has 3 rings (SSSR count). The molecule has 1 saturated heterocycles. The molecule has 4 heteroatoms. The molecule has 2 aliphatic heterocycles. The highest BCUT2D eigenvalue weighted by molar-refractivity contribution is 8.00. The van der Waals surface area contributed by atoms with E-state index in [2.05, 4.69) is 24.4 Å². The molecule has 2 aliphatic rings. The fraction of sp³-hybridized carbons (Fsp3) is 0.417. The maximum Gasteiger partial charge on any atom is 0.237 e. The van der Waals surface area contributed by atoms with Crippen molar-refractivity contribution in [2.45, 2.75) is 36.2 Å². The first-order valence-electron chi connectivity index (χ1n) is 5.42. The van der Waals surface area contributed by atoms with Crippen molar-refractivity contribution >= 4 is 23.4 Å². The topological polar surface area (TPSA) is 41.6 Å². The van der Waals surface area contributed by atoms with Gasteiger partial charge in [0.15, 0.2) is 0 Å². The molecule has 1 fully saturated rings. The minimum Gasteiger partial charge on any atom is -0.365 e. The molecule has 0 spiro atoms. The number of nitrogens with one attached hydrogen (secondary N) is 1. The highest BCUT2D eigenvalue weighted by Gasteiger charge is 2.36. The fourth-order valence-electron chi connectivity index (χ4n) is 1.94. The van der Waals surface area contributed by atoms with Crippen LogP contribution < -0.4 is 5.32 Å². The van der Waals surface area contributed by atoms with Crippen LogP contribution in [0, 0.1) is 0 Å². The van der Waals surface area contributed by atoms with Crippen molar-refractivity contribution in [2.75, 3.05) is 5.32 Å². The number of rotatable bonds is 1. The zero-order valence-corrected chi connectivity index (χ0v) is 10.0. The SMILES string of the molecule is CC1Sc2ccc(C3OC3C)cc2NC1=O. The number of carbonyl (C=O) groups is 1. The van der Waals surface area contributed by atoms with Crippen LogP contribution in [0.2, 0.25) is 0 Å². The predicted octanol–water partition coefficient (Wildman–Crippen LogP) is 2.58. The number of amides is 1. The zero-order chi connectivity index (χ0) is 11.3. The van der Waals surface area contributed by atoms with Crippen molar-refractivity contribution in [3.8, 4) is 0 Å². The van der Waals surface area contributed by atoms with E-state index in [0.29, 0.717) is 6.10 Å². The van der Waals surface area contributed by atoms with E-state index >= 15 is 0 Å². The monoisotopic (exact) mass is 235 g/mol. The molecule has 1 N–H and O–H groups in total. The summed E-state index contributed by atoms with van der Waals surface area (Å²) in [7, 11) is 0. The number of ether oxygens (including phenoxy) is 1. The maximum atomic E-state index is 11.6. The Morgan fingerprint density at radius 1 is 1.38 bits per heavy atom. The van der Waals surface area contributed by atoms with Crippen LogP contribution in [0.15, 0.2) is 23.1 Å². The lowest BCUT2D eigenvalue weighted by atomic mass is 10.1. The molecule has 0 bridgehead atoms. The molecule has 1 aromatic carbocycles. The summed E-state index contributed by atoms with van der Waals surface area (Å²) in [5, 5.41) is 2.93. The van der Waals surface area contributed by atoms with Crippen molar-refractivity contribution in [1.82, 2.24) is 0 Å². The molecule has 3 nitrogen and oxygen atoms in total. The Morgan fingerprint density at radius 2 is 2.12 bits per heavy atom. The van der Waals surface area contributed by atoms with Gasteiger partial charge in [0, 0.05) is 4.90 Å². The van der Waals surface area contributed by atoms with Crippen LogP contribution in [0.3, 0.4) is 0 Å². The average Bonchev–Trinajstić information content (AvgIpc) is 2.97. The summed E-state index contributed by atoms with van der Waals surface area (Å²) in [6, 6.07) is 6.18. The Labute approximate surface area is 98.6 Å². The molecule has 0 aromatic heterocycles. The van der Waals surface area contributed by atoms with Crippen LogP contribution >= 0.6 is 11.8 Å². The second-order valence-corrected chi connectivity index (χ2v) is 5.65. The molecule has 3 atom stereocenters. The summed E-state index contributed by atoms with van der Waals surface area (Å²) >= 11 is 1.61. The smallest absolute Gasteiger partial charge is 0.237 e. The molecule has 1 aromatic rings. The predicted molar refractivity (Wildman–Crippen MR) is 63.7 cm³/mol. The highest BCUT2D eigenvalue weighted by atomic mass is 32.2. The number of hydrogen-bond donors (Lipinski definition) is 1. The summed E-state index contributed by atoms with van der Waals surface area (Å²) < 4.78 is 5.42. The van der Waals surface area contributed by atoms with E-state index in [1.165, 1.54) is 0 Å².